The first kappa shape index (κ1) is 28.5. The summed E-state index contributed by atoms with van der Waals surface area (Å²) in [5.41, 5.74) is 13.3. The molecular weight excluding hydrogens is 595 g/mol. The number of methoxy groups -OCH3 is 1. The number of hydrogen-bond donors (Lipinski definition) is 2. The van der Waals surface area contributed by atoms with Crippen molar-refractivity contribution in [3.05, 3.63) is 65.5 Å². The number of carbonyl (C=O) groups is 2. The molecule has 2 aliphatic carbocycles. The third kappa shape index (κ3) is 4.48. The molecule has 240 valence electrons. The summed E-state index contributed by atoms with van der Waals surface area (Å²) >= 11 is 0. The van der Waals surface area contributed by atoms with Crippen LogP contribution in [-0.2, 0) is 24.8 Å². The van der Waals surface area contributed by atoms with E-state index in [-0.39, 0.29) is 29.7 Å². The first-order valence-electron chi connectivity index (χ1n) is 16.6. The SMILES string of the molecule is COc1cc(C(=O)N2CC3CCC2[C@@H]3N)cc2nc(-c3cc4ccc(-c5cc6c(cc5F)NC(=O)CC6)cc4n3CC3CC3)n(C)c12. The minimum Gasteiger partial charge on any atom is -0.494 e. The van der Waals surface area contributed by atoms with Crippen LogP contribution < -0.4 is 15.8 Å². The Hall–Kier alpha value is -4.70. The van der Waals surface area contributed by atoms with Gasteiger partial charge in [-0.3, -0.25) is 9.59 Å². The maximum atomic E-state index is 15.5. The van der Waals surface area contributed by atoms with E-state index in [2.05, 4.69) is 22.0 Å². The number of nitrogens with two attached hydrogens (primary N) is 1. The number of piperidine rings is 1. The second-order valence-electron chi connectivity index (χ2n) is 13.9. The molecular formula is C37H37FN6O3. The van der Waals surface area contributed by atoms with Gasteiger partial charge in [0.05, 0.1) is 18.3 Å². The molecule has 2 unspecified atom stereocenters. The van der Waals surface area contributed by atoms with E-state index in [1.807, 2.05) is 46.8 Å². The molecule has 10 heteroatoms. The zero-order chi connectivity index (χ0) is 32.1. The molecule has 2 aliphatic heterocycles. The second-order valence-corrected chi connectivity index (χ2v) is 13.9. The summed E-state index contributed by atoms with van der Waals surface area (Å²) in [4.78, 5) is 32.7. The van der Waals surface area contributed by atoms with Gasteiger partial charge in [0.1, 0.15) is 17.1 Å². The van der Waals surface area contributed by atoms with Gasteiger partial charge in [0.25, 0.3) is 5.91 Å². The maximum absolute atomic E-state index is 15.5. The van der Waals surface area contributed by atoms with Crippen LogP contribution in [0, 0.1) is 17.7 Å². The lowest BCUT2D eigenvalue weighted by Gasteiger charge is -2.27. The lowest BCUT2D eigenvalue weighted by molar-refractivity contribution is -0.116. The molecule has 5 aromatic rings. The van der Waals surface area contributed by atoms with E-state index in [1.165, 1.54) is 18.9 Å². The molecule has 1 saturated heterocycles. The number of aromatic nitrogens is 3. The Morgan fingerprint density at radius 1 is 1.09 bits per heavy atom. The largest absolute Gasteiger partial charge is 0.494 e. The number of benzene rings is 3. The van der Waals surface area contributed by atoms with Gasteiger partial charge in [0.15, 0.2) is 5.82 Å². The fourth-order valence-corrected chi connectivity index (χ4v) is 8.25. The van der Waals surface area contributed by atoms with Crippen molar-refractivity contribution in [3.8, 4) is 28.4 Å². The van der Waals surface area contributed by atoms with Crippen LogP contribution in [0.2, 0.25) is 0 Å². The Bertz CT molecular complexity index is 2150. The van der Waals surface area contributed by atoms with E-state index >= 15 is 4.39 Å². The highest BCUT2D eigenvalue weighted by Gasteiger charge is 2.47. The molecule has 2 amide bonds. The zero-order valence-electron chi connectivity index (χ0n) is 26.6. The summed E-state index contributed by atoms with van der Waals surface area (Å²) in [5, 5.41) is 3.84. The highest BCUT2D eigenvalue weighted by Crippen LogP contribution is 2.41. The monoisotopic (exact) mass is 632 g/mol. The standard InChI is InChI=1S/C37H37FN6O3/c1-42-35-28(12-24(15-32(35)47-2)37(46)44-18-23-7-9-29(44)34(23)39)41-36(42)31-14-22-6-5-20(13-30(22)43(31)17-19-3-4-19)25-11-21-8-10-33(45)40-27(21)16-26(25)38/h5-6,11-16,19,23,29,34H,3-4,7-10,17-18,39H2,1-2H3,(H,40,45)/t23?,29?,34-/m1/s1. The van der Waals surface area contributed by atoms with E-state index in [0.29, 0.717) is 59.3 Å². The highest BCUT2D eigenvalue weighted by molar-refractivity contribution is 6.01. The number of amides is 2. The van der Waals surface area contributed by atoms with Crippen LogP contribution in [0.25, 0.3) is 44.6 Å². The van der Waals surface area contributed by atoms with E-state index in [0.717, 1.165) is 58.5 Å². The van der Waals surface area contributed by atoms with Gasteiger partial charge in [-0.15, -0.1) is 0 Å². The topological polar surface area (TPSA) is 107 Å². The molecule has 2 saturated carbocycles. The summed E-state index contributed by atoms with van der Waals surface area (Å²) in [7, 11) is 3.61. The van der Waals surface area contributed by atoms with Crippen LogP contribution >= 0.6 is 0 Å². The number of ether oxygens (including phenoxy) is 1. The highest BCUT2D eigenvalue weighted by atomic mass is 19.1. The molecule has 0 radical (unpaired) electrons. The van der Waals surface area contributed by atoms with Gasteiger partial charge in [0.2, 0.25) is 5.91 Å². The lowest BCUT2D eigenvalue weighted by atomic mass is 9.96. The number of rotatable bonds is 6. The lowest BCUT2D eigenvalue weighted by Crippen LogP contribution is -2.41. The van der Waals surface area contributed by atoms with Gasteiger partial charge in [-0.2, -0.15) is 0 Å². The summed E-state index contributed by atoms with van der Waals surface area (Å²) in [6.07, 6.45) is 5.38. The number of nitrogens with zero attached hydrogens (tertiary/aromatic N) is 4. The van der Waals surface area contributed by atoms with Gasteiger partial charge in [-0.25, -0.2) is 9.37 Å². The van der Waals surface area contributed by atoms with Gasteiger partial charge in [-0.1, -0.05) is 12.1 Å². The Balaban J connectivity index is 1.14. The predicted octanol–water partition coefficient (Wildman–Crippen LogP) is 5.87. The summed E-state index contributed by atoms with van der Waals surface area (Å²) in [5.74, 6) is 1.87. The van der Waals surface area contributed by atoms with Crippen LogP contribution in [0.15, 0.2) is 48.5 Å². The van der Waals surface area contributed by atoms with E-state index in [1.54, 1.807) is 7.11 Å². The minimum absolute atomic E-state index is 0.0211. The Morgan fingerprint density at radius 3 is 2.68 bits per heavy atom. The van der Waals surface area contributed by atoms with Crippen molar-refractivity contribution in [1.29, 1.82) is 0 Å². The molecule has 4 heterocycles. The van der Waals surface area contributed by atoms with Crippen LogP contribution in [0.1, 0.15) is 48.0 Å². The van der Waals surface area contributed by atoms with Gasteiger partial charge >= 0.3 is 0 Å². The first-order chi connectivity index (χ1) is 22.8. The summed E-state index contributed by atoms with van der Waals surface area (Å²) < 4.78 is 25.7. The number of halogens is 1. The number of hydrogen-bond acceptors (Lipinski definition) is 5. The number of carbonyl (C=O) groups excluding carboxylic acids is 2. The molecule has 47 heavy (non-hydrogen) atoms. The van der Waals surface area contributed by atoms with Crippen molar-refractivity contribution in [3.63, 3.8) is 0 Å². The number of likely N-dealkylation sites (tertiary alicyclic amines) is 1. The van der Waals surface area contributed by atoms with Crippen molar-refractivity contribution >= 4 is 39.4 Å². The Labute approximate surface area is 271 Å². The third-order valence-electron chi connectivity index (χ3n) is 11.0. The van der Waals surface area contributed by atoms with Gasteiger partial charge < -0.3 is 29.8 Å². The summed E-state index contributed by atoms with van der Waals surface area (Å²) in [6, 6.07) is 15.4. The Morgan fingerprint density at radius 2 is 1.94 bits per heavy atom. The molecule has 2 bridgehead atoms. The first-order valence-corrected chi connectivity index (χ1v) is 16.6. The Kier molecular flexibility index (Phi) is 6.31. The van der Waals surface area contributed by atoms with Crippen molar-refractivity contribution < 1.29 is 18.7 Å². The average molecular weight is 633 g/mol. The summed E-state index contributed by atoms with van der Waals surface area (Å²) in [6.45, 7) is 1.54. The molecule has 3 N–H and O–H groups in total. The van der Waals surface area contributed by atoms with Crippen LogP contribution in [0.3, 0.4) is 0 Å². The number of nitrogens with one attached hydrogen (secondary N) is 1. The van der Waals surface area contributed by atoms with Crippen molar-refractivity contribution in [2.75, 3.05) is 19.0 Å². The van der Waals surface area contributed by atoms with Crippen LogP contribution in [0.4, 0.5) is 10.1 Å². The van der Waals surface area contributed by atoms with E-state index in [4.69, 9.17) is 15.5 Å². The quantitative estimate of drug-likeness (QED) is 0.244. The number of imidazole rings is 1. The molecule has 9 nitrogen and oxygen atoms in total. The molecule has 0 spiro atoms. The minimum atomic E-state index is -0.359. The number of anilines is 1. The molecule has 3 fully saturated rings. The van der Waals surface area contributed by atoms with Crippen LogP contribution in [-0.4, -0.2) is 56.6 Å². The maximum Gasteiger partial charge on any atom is 0.254 e. The fraction of sp³-hybridized carbons (Fsp3) is 0.378. The molecule has 4 aliphatic rings. The van der Waals surface area contributed by atoms with Crippen molar-refractivity contribution in [1.82, 2.24) is 19.0 Å². The third-order valence-corrected chi connectivity index (χ3v) is 11.0. The fourth-order valence-electron chi connectivity index (χ4n) is 8.25. The predicted molar refractivity (Wildman–Crippen MR) is 179 cm³/mol. The van der Waals surface area contributed by atoms with Crippen molar-refractivity contribution in [2.24, 2.45) is 24.6 Å². The molecule has 3 atom stereocenters. The molecule has 2 aromatic heterocycles. The molecule has 9 rings (SSSR count). The number of fused-ring (bicyclic) bond motifs is 5. The second kappa shape index (κ2) is 10.4. The normalized spacial score (nSPS) is 21.9. The van der Waals surface area contributed by atoms with E-state index in [9.17, 15) is 9.59 Å². The molecule has 3 aromatic carbocycles. The van der Waals surface area contributed by atoms with Crippen molar-refractivity contribution in [2.45, 2.75) is 57.2 Å². The van der Waals surface area contributed by atoms with Gasteiger partial charge in [0, 0.05) is 66.4 Å². The average Bonchev–Trinajstić information content (AvgIpc) is 3.47. The van der Waals surface area contributed by atoms with E-state index < -0.39 is 0 Å². The smallest absolute Gasteiger partial charge is 0.254 e. The van der Waals surface area contributed by atoms with Gasteiger partial charge in [-0.05, 0) is 91.5 Å². The number of aryl methyl sites for hydroxylation is 2. The zero-order valence-corrected chi connectivity index (χ0v) is 26.6. The van der Waals surface area contributed by atoms with Crippen LogP contribution in [0.5, 0.6) is 5.75 Å².